The van der Waals surface area contributed by atoms with Crippen molar-refractivity contribution in [3.05, 3.63) is 29.8 Å². The molecule has 0 unspecified atom stereocenters. The van der Waals surface area contributed by atoms with E-state index in [1.807, 2.05) is 0 Å². The van der Waals surface area contributed by atoms with Crippen LogP contribution in [0.3, 0.4) is 0 Å². The van der Waals surface area contributed by atoms with Crippen molar-refractivity contribution in [1.82, 2.24) is 0 Å². The SMILES string of the molecule is CC(C)[C@@]12CC[C@@](C)(O1)[C@@H](OCc1ccccc1OC(F)F)C2. The molecule has 2 aliphatic rings. The first-order valence-corrected chi connectivity index (χ1v) is 8.19. The minimum absolute atomic E-state index is 0.0155. The standard InChI is InChI=1S/C18H24F2O3/c1-12(2)18-9-8-17(3,23-18)15(10-18)21-11-13-6-4-5-7-14(13)22-16(19)20/h4-7,12,15-16H,8-11H2,1-3H3/t15-,17+,18-/m0/s1. The average molecular weight is 326 g/mol. The van der Waals surface area contributed by atoms with Gasteiger partial charge in [-0.2, -0.15) is 8.78 Å². The maximum Gasteiger partial charge on any atom is 0.387 e. The fraction of sp³-hybridized carbons (Fsp3) is 0.667. The van der Waals surface area contributed by atoms with Gasteiger partial charge in [0.1, 0.15) is 5.75 Å². The quantitative estimate of drug-likeness (QED) is 0.768. The van der Waals surface area contributed by atoms with Crippen molar-refractivity contribution in [2.45, 2.75) is 70.6 Å². The number of fused-ring (bicyclic) bond motifs is 2. The van der Waals surface area contributed by atoms with E-state index in [1.165, 1.54) is 0 Å². The Hall–Kier alpha value is -1.20. The minimum atomic E-state index is -2.83. The van der Waals surface area contributed by atoms with Crippen molar-refractivity contribution < 1.29 is 23.0 Å². The molecule has 3 nitrogen and oxygen atoms in total. The zero-order chi connectivity index (χ0) is 16.7. The van der Waals surface area contributed by atoms with Gasteiger partial charge >= 0.3 is 6.61 Å². The van der Waals surface area contributed by atoms with Crippen LogP contribution in [0.1, 0.15) is 45.6 Å². The van der Waals surface area contributed by atoms with Gasteiger partial charge in [-0.1, -0.05) is 32.0 Å². The molecule has 1 aromatic rings. The van der Waals surface area contributed by atoms with Gasteiger partial charge in [-0.25, -0.2) is 0 Å². The van der Waals surface area contributed by atoms with E-state index in [-0.39, 0.29) is 29.7 Å². The number of para-hydroxylation sites is 1. The lowest BCUT2D eigenvalue weighted by Gasteiger charge is -2.31. The van der Waals surface area contributed by atoms with Gasteiger partial charge in [0.05, 0.1) is 23.9 Å². The molecule has 23 heavy (non-hydrogen) atoms. The van der Waals surface area contributed by atoms with E-state index >= 15 is 0 Å². The monoisotopic (exact) mass is 326 g/mol. The van der Waals surface area contributed by atoms with Gasteiger partial charge in [0.25, 0.3) is 0 Å². The van der Waals surface area contributed by atoms with Crippen molar-refractivity contribution in [2.75, 3.05) is 0 Å². The summed E-state index contributed by atoms with van der Waals surface area (Å²) in [6.45, 7) is 3.88. The molecule has 0 radical (unpaired) electrons. The summed E-state index contributed by atoms with van der Waals surface area (Å²) in [4.78, 5) is 0. The zero-order valence-electron chi connectivity index (χ0n) is 13.9. The highest BCUT2D eigenvalue weighted by Crippen LogP contribution is 2.55. The lowest BCUT2D eigenvalue weighted by atomic mass is 9.75. The highest BCUT2D eigenvalue weighted by molar-refractivity contribution is 5.32. The van der Waals surface area contributed by atoms with Gasteiger partial charge in [-0.3, -0.25) is 0 Å². The smallest absolute Gasteiger partial charge is 0.387 e. The Morgan fingerprint density at radius 1 is 1.26 bits per heavy atom. The van der Waals surface area contributed by atoms with Crippen LogP contribution in [0.4, 0.5) is 8.78 Å². The van der Waals surface area contributed by atoms with Gasteiger partial charge in [0, 0.05) is 12.0 Å². The predicted octanol–water partition coefficient (Wildman–Crippen LogP) is 4.54. The fourth-order valence-corrected chi connectivity index (χ4v) is 3.83. The first-order valence-electron chi connectivity index (χ1n) is 8.19. The molecule has 3 atom stereocenters. The normalized spacial score (nSPS) is 32.9. The summed E-state index contributed by atoms with van der Waals surface area (Å²) in [6.07, 6.45) is 2.88. The summed E-state index contributed by atoms with van der Waals surface area (Å²) in [6, 6.07) is 6.77. The maximum absolute atomic E-state index is 12.5. The molecule has 2 fully saturated rings. The lowest BCUT2D eigenvalue weighted by molar-refractivity contribution is -0.0968. The third kappa shape index (κ3) is 3.09. The lowest BCUT2D eigenvalue weighted by Crippen LogP contribution is -2.38. The Balaban J connectivity index is 1.68. The summed E-state index contributed by atoms with van der Waals surface area (Å²) in [5, 5.41) is 0. The Labute approximate surface area is 135 Å². The summed E-state index contributed by atoms with van der Waals surface area (Å²) in [5.74, 6) is 0.614. The molecule has 5 heteroatoms. The van der Waals surface area contributed by atoms with Crippen LogP contribution in [0.15, 0.2) is 24.3 Å². The van der Waals surface area contributed by atoms with Crippen LogP contribution >= 0.6 is 0 Å². The number of ether oxygens (including phenoxy) is 3. The molecule has 0 amide bonds. The number of halogens is 2. The van der Waals surface area contributed by atoms with Crippen LogP contribution in [0, 0.1) is 5.92 Å². The Morgan fingerprint density at radius 2 is 2.00 bits per heavy atom. The van der Waals surface area contributed by atoms with Gasteiger partial charge in [0.2, 0.25) is 0 Å². The van der Waals surface area contributed by atoms with Crippen molar-refractivity contribution in [3.63, 3.8) is 0 Å². The van der Waals surface area contributed by atoms with Crippen LogP contribution < -0.4 is 4.74 Å². The van der Waals surface area contributed by atoms with Crippen LogP contribution in [-0.2, 0) is 16.1 Å². The minimum Gasteiger partial charge on any atom is -0.434 e. The van der Waals surface area contributed by atoms with E-state index in [1.54, 1.807) is 24.3 Å². The fourth-order valence-electron chi connectivity index (χ4n) is 3.83. The molecule has 128 valence electrons. The van der Waals surface area contributed by atoms with Gasteiger partial charge in [-0.15, -0.1) is 0 Å². The van der Waals surface area contributed by atoms with E-state index in [0.717, 1.165) is 19.3 Å². The van der Waals surface area contributed by atoms with E-state index in [2.05, 4.69) is 25.5 Å². The Bertz CT molecular complexity index is 563. The van der Waals surface area contributed by atoms with Gasteiger partial charge < -0.3 is 14.2 Å². The largest absolute Gasteiger partial charge is 0.434 e. The van der Waals surface area contributed by atoms with Crippen LogP contribution in [0.5, 0.6) is 5.75 Å². The van der Waals surface area contributed by atoms with E-state index in [9.17, 15) is 8.78 Å². The Kier molecular flexibility index (Phi) is 4.36. The summed E-state index contributed by atoms with van der Waals surface area (Å²) >= 11 is 0. The average Bonchev–Trinajstić information content (AvgIpc) is 2.98. The molecule has 0 aliphatic carbocycles. The Morgan fingerprint density at radius 3 is 2.65 bits per heavy atom. The van der Waals surface area contributed by atoms with Crippen LogP contribution in [-0.4, -0.2) is 23.9 Å². The second-order valence-corrected chi connectivity index (χ2v) is 7.12. The molecule has 1 aromatic carbocycles. The van der Waals surface area contributed by atoms with Crippen molar-refractivity contribution in [3.8, 4) is 5.75 Å². The van der Waals surface area contributed by atoms with Crippen LogP contribution in [0.2, 0.25) is 0 Å². The van der Waals surface area contributed by atoms with Crippen molar-refractivity contribution in [2.24, 2.45) is 5.92 Å². The molecule has 0 spiro atoms. The van der Waals surface area contributed by atoms with Crippen LogP contribution in [0.25, 0.3) is 0 Å². The first-order chi connectivity index (χ1) is 10.8. The van der Waals surface area contributed by atoms with E-state index in [0.29, 0.717) is 11.5 Å². The highest BCUT2D eigenvalue weighted by atomic mass is 19.3. The second kappa shape index (κ2) is 6.02. The number of hydrogen-bond acceptors (Lipinski definition) is 3. The molecule has 2 heterocycles. The number of rotatable bonds is 6. The van der Waals surface area contributed by atoms with Crippen molar-refractivity contribution >= 4 is 0 Å². The summed E-state index contributed by atoms with van der Waals surface area (Å²) in [7, 11) is 0. The third-order valence-corrected chi connectivity index (χ3v) is 5.37. The molecule has 0 saturated carbocycles. The molecule has 0 N–H and O–H groups in total. The molecule has 3 rings (SSSR count). The summed E-state index contributed by atoms with van der Waals surface area (Å²) in [5.41, 5.74) is 0.263. The van der Waals surface area contributed by atoms with E-state index < -0.39 is 6.61 Å². The molecular formula is C18H24F2O3. The molecular weight excluding hydrogens is 302 g/mol. The number of benzene rings is 1. The molecule has 2 aliphatic heterocycles. The topological polar surface area (TPSA) is 27.7 Å². The third-order valence-electron chi connectivity index (χ3n) is 5.37. The van der Waals surface area contributed by atoms with Gasteiger partial charge in [-0.05, 0) is 31.7 Å². The first kappa shape index (κ1) is 16.7. The van der Waals surface area contributed by atoms with Gasteiger partial charge in [0.15, 0.2) is 0 Å². The number of hydrogen-bond donors (Lipinski definition) is 0. The van der Waals surface area contributed by atoms with E-state index in [4.69, 9.17) is 9.47 Å². The maximum atomic E-state index is 12.5. The molecule has 0 aromatic heterocycles. The predicted molar refractivity (Wildman–Crippen MR) is 82.6 cm³/mol. The highest BCUT2D eigenvalue weighted by Gasteiger charge is 2.60. The van der Waals surface area contributed by atoms with Crippen molar-refractivity contribution in [1.29, 1.82) is 0 Å². The molecule has 2 saturated heterocycles. The summed E-state index contributed by atoms with van der Waals surface area (Å²) < 4.78 is 41.9. The molecule has 2 bridgehead atoms. The zero-order valence-corrected chi connectivity index (χ0v) is 13.9. The second-order valence-electron chi connectivity index (χ2n) is 7.12. The number of alkyl halides is 2.